The monoisotopic (exact) mass is 1100 g/mol. The van der Waals surface area contributed by atoms with Crippen molar-refractivity contribution in [3.8, 4) is 0 Å². The summed E-state index contributed by atoms with van der Waals surface area (Å²) < 4.78 is 16.8. The van der Waals surface area contributed by atoms with Crippen LogP contribution >= 0.6 is 0 Å². The Morgan fingerprint density at radius 3 is 0.787 bits per heavy atom. The van der Waals surface area contributed by atoms with E-state index >= 15 is 0 Å². The minimum Gasteiger partial charge on any atom is -0.462 e. The fourth-order valence-corrected chi connectivity index (χ4v) is 7.97. The van der Waals surface area contributed by atoms with Gasteiger partial charge in [-0.25, -0.2) is 0 Å². The fourth-order valence-electron chi connectivity index (χ4n) is 7.97. The number of rotatable bonds is 55. The number of carbonyl (C=O) groups is 3. The van der Waals surface area contributed by atoms with Gasteiger partial charge >= 0.3 is 17.9 Å². The van der Waals surface area contributed by atoms with Gasteiger partial charge in [0.15, 0.2) is 6.10 Å². The van der Waals surface area contributed by atoms with E-state index in [1.807, 2.05) is 0 Å². The maximum absolute atomic E-state index is 12.9. The van der Waals surface area contributed by atoms with Crippen molar-refractivity contribution in [2.45, 2.75) is 252 Å². The zero-order valence-electron chi connectivity index (χ0n) is 51.0. The Bertz CT molecular complexity index is 1890. The second kappa shape index (κ2) is 66.0. The highest BCUT2D eigenvalue weighted by atomic mass is 16.6. The van der Waals surface area contributed by atoms with Crippen LogP contribution in [0.3, 0.4) is 0 Å². The average Bonchev–Trinajstić information content (AvgIpc) is 3.46. The second-order valence-corrected chi connectivity index (χ2v) is 20.2. The van der Waals surface area contributed by atoms with E-state index in [0.29, 0.717) is 12.8 Å². The quantitative estimate of drug-likeness (QED) is 0.0261. The second-order valence-electron chi connectivity index (χ2n) is 20.2. The molecule has 0 aromatic heterocycles. The van der Waals surface area contributed by atoms with Crippen LogP contribution in [0.5, 0.6) is 0 Å². The van der Waals surface area contributed by atoms with Gasteiger partial charge in [0.1, 0.15) is 13.2 Å². The first-order chi connectivity index (χ1) is 39.5. The zero-order chi connectivity index (χ0) is 57.8. The van der Waals surface area contributed by atoms with Crippen molar-refractivity contribution in [3.05, 3.63) is 182 Å². The Morgan fingerprint density at radius 2 is 0.487 bits per heavy atom. The Morgan fingerprint density at radius 1 is 0.263 bits per heavy atom. The van der Waals surface area contributed by atoms with E-state index in [1.165, 1.54) is 32.1 Å². The molecular weight excluding hydrogens is 985 g/mol. The first-order valence-electron chi connectivity index (χ1n) is 31.8. The number of allylic oxidation sites excluding steroid dienone is 30. The summed E-state index contributed by atoms with van der Waals surface area (Å²) in [6.07, 6.45) is 99.1. The van der Waals surface area contributed by atoms with Gasteiger partial charge < -0.3 is 14.2 Å². The van der Waals surface area contributed by atoms with Crippen molar-refractivity contribution in [1.29, 1.82) is 0 Å². The van der Waals surface area contributed by atoms with Gasteiger partial charge in [-0.1, -0.05) is 267 Å². The van der Waals surface area contributed by atoms with Gasteiger partial charge in [-0.05, 0) is 141 Å². The lowest BCUT2D eigenvalue weighted by Gasteiger charge is -2.18. The van der Waals surface area contributed by atoms with Crippen LogP contribution in [-0.4, -0.2) is 37.2 Å². The Labute approximate surface area is 491 Å². The molecule has 446 valence electrons. The average molecular weight is 1100 g/mol. The molecule has 0 spiro atoms. The van der Waals surface area contributed by atoms with Crippen LogP contribution in [0.15, 0.2) is 182 Å². The highest BCUT2D eigenvalue weighted by Crippen LogP contribution is 2.13. The molecular formula is C74H114O6. The molecule has 0 aromatic rings. The molecule has 0 aliphatic rings. The van der Waals surface area contributed by atoms with E-state index in [9.17, 15) is 14.4 Å². The lowest BCUT2D eigenvalue weighted by atomic mass is 10.1. The SMILES string of the molecule is CC/C=C\C/C=C\C/C=C\C/C=C\C/C=C\C/C=C\C/C=C\C/C=C\C/C=C\C/C=C\CCCCC(=O)OCC(COC(=O)CCCCCCCCCC)OC(=O)CCCCCCC/C=C\C/C=C\C/C=C\C/C=C\C/C=C\CC. The molecule has 1 unspecified atom stereocenters. The minimum absolute atomic E-state index is 0.107. The third-order valence-corrected chi connectivity index (χ3v) is 12.7. The molecule has 0 aliphatic heterocycles. The molecule has 80 heavy (non-hydrogen) atoms. The minimum atomic E-state index is -0.814. The molecule has 0 N–H and O–H groups in total. The van der Waals surface area contributed by atoms with Crippen molar-refractivity contribution in [2.75, 3.05) is 13.2 Å². The largest absolute Gasteiger partial charge is 0.462 e. The summed E-state index contributed by atoms with van der Waals surface area (Å²) in [7, 11) is 0. The summed E-state index contributed by atoms with van der Waals surface area (Å²) in [6, 6.07) is 0. The topological polar surface area (TPSA) is 78.9 Å². The molecule has 0 saturated heterocycles. The fraction of sp³-hybridized carbons (Fsp3) is 0.554. The Kier molecular flexibility index (Phi) is 61.5. The molecule has 0 amide bonds. The van der Waals surface area contributed by atoms with Crippen molar-refractivity contribution in [1.82, 2.24) is 0 Å². The zero-order valence-corrected chi connectivity index (χ0v) is 51.0. The standard InChI is InChI=1S/C74H114O6/c1-4-7-10-13-16-19-21-23-25-27-29-31-32-33-34-35-36-37-38-39-40-41-42-44-45-47-49-51-53-55-58-61-64-67-73(76)79-70-71(69-78-72(75)66-63-60-57-18-15-12-9-6-3)80-74(77)68-65-62-59-56-54-52-50-48-46-43-30-28-26-24-22-20-17-14-11-8-5-2/h7-8,10-11,16-17,19-20,23-26,29-31,33-34,36-37,39-40,42-44,47-50,53,55,71H,4-6,9,12-15,18,21-22,27-28,32,35,38,41,45-46,51-52,54,56-70H2,1-3H3/b10-7-,11-8-,19-16-,20-17-,25-23-,26-24-,31-29-,34-33-,37-36-,40-39-,43-30-,44-42-,49-47-,50-48-,55-53-. The molecule has 0 rings (SSSR count). The van der Waals surface area contributed by atoms with Gasteiger partial charge in [0.05, 0.1) is 0 Å². The van der Waals surface area contributed by atoms with Gasteiger partial charge in [0.2, 0.25) is 0 Å². The third kappa shape index (κ3) is 63.3. The van der Waals surface area contributed by atoms with Crippen molar-refractivity contribution in [2.24, 2.45) is 0 Å². The maximum Gasteiger partial charge on any atom is 0.306 e. The molecule has 1 atom stereocenters. The van der Waals surface area contributed by atoms with Crippen LogP contribution in [0.1, 0.15) is 245 Å². The summed E-state index contributed by atoms with van der Waals surface area (Å²) in [4.78, 5) is 38.1. The van der Waals surface area contributed by atoms with Crippen LogP contribution in [0, 0.1) is 0 Å². The van der Waals surface area contributed by atoms with Crippen LogP contribution in [-0.2, 0) is 28.6 Å². The molecule has 6 nitrogen and oxygen atoms in total. The highest BCUT2D eigenvalue weighted by molar-refractivity contribution is 5.71. The van der Waals surface area contributed by atoms with Gasteiger partial charge in [0, 0.05) is 19.3 Å². The van der Waals surface area contributed by atoms with E-state index in [1.54, 1.807) is 0 Å². The van der Waals surface area contributed by atoms with Gasteiger partial charge in [0.25, 0.3) is 0 Å². The third-order valence-electron chi connectivity index (χ3n) is 12.7. The van der Waals surface area contributed by atoms with Crippen LogP contribution in [0.2, 0.25) is 0 Å². The number of carbonyl (C=O) groups excluding carboxylic acids is 3. The molecule has 0 saturated carbocycles. The summed E-state index contributed by atoms with van der Waals surface area (Å²) in [6.45, 7) is 6.31. The lowest BCUT2D eigenvalue weighted by molar-refractivity contribution is -0.167. The van der Waals surface area contributed by atoms with Crippen molar-refractivity contribution >= 4 is 17.9 Å². The van der Waals surface area contributed by atoms with Crippen LogP contribution in [0.4, 0.5) is 0 Å². The Hall–Kier alpha value is -5.49. The maximum atomic E-state index is 12.9. The predicted octanol–water partition coefficient (Wildman–Crippen LogP) is 22.0. The predicted molar refractivity (Wildman–Crippen MR) is 348 cm³/mol. The van der Waals surface area contributed by atoms with E-state index in [2.05, 4.69) is 203 Å². The summed E-state index contributed by atoms with van der Waals surface area (Å²) >= 11 is 0. The summed E-state index contributed by atoms with van der Waals surface area (Å²) in [5.41, 5.74) is 0. The molecule has 0 radical (unpaired) electrons. The molecule has 6 heteroatoms. The summed E-state index contributed by atoms with van der Waals surface area (Å²) in [5.74, 6) is -0.986. The van der Waals surface area contributed by atoms with Crippen LogP contribution in [0.25, 0.3) is 0 Å². The van der Waals surface area contributed by atoms with Gasteiger partial charge in [-0.3, -0.25) is 14.4 Å². The molecule has 0 aliphatic carbocycles. The van der Waals surface area contributed by atoms with E-state index < -0.39 is 6.10 Å². The molecule has 0 aromatic carbocycles. The number of hydrogen-bond acceptors (Lipinski definition) is 6. The van der Waals surface area contributed by atoms with Gasteiger partial charge in [-0.15, -0.1) is 0 Å². The van der Waals surface area contributed by atoms with Gasteiger partial charge in [-0.2, -0.15) is 0 Å². The van der Waals surface area contributed by atoms with Crippen LogP contribution < -0.4 is 0 Å². The normalized spacial score (nSPS) is 13.4. The summed E-state index contributed by atoms with van der Waals surface area (Å²) in [5, 5.41) is 0. The molecule has 0 bridgehead atoms. The molecule has 0 fully saturated rings. The van der Waals surface area contributed by atoms with E-state index in [4.69, 9.17) is 14.2 Å². The number of esters is 3. The highest BCUT2D eigenvalue weighted by Gasteiger charge is 2.19. The Balaban J connectivity index is 4.35. The van der Waals surface area contributed by atoms with E-state index in [-0.39, 0.29) is 44.0 Å². The first kappa shape index (κ1) is 74.5. The molecule has 0 heterocycles. The number of ether oxygens (including phenoxy) is 3. The smallest absolute Gasteiger partial charge is 0.306 e. The number of unbranched alkanes of at least 4 members (excludes halogenated alkanes) is 14. The number of hydrogen-bond donors (Lipinski definition) is 0. The lowest BCUT2D eigenvalue weighted by Crippen LogP contribution is -2.30. The first-order valence-corrected chi connectivity index (χ1v) is 31.8. The van der Waals surface area contributed by atoms with Crippen molar-refractivity contribution < 1.29 is 28.6 Å². The van der Waals surface area contributed by atoms with E-state index in [0.717, 1.165) is 167 Å². The van der Waals surface area contributed by atoms with Crippen molar-refractivity contribution in [3.63, 3.8) is 0 Å².